The first-order chi connectivity index (χ1) is 7.92. The van der Waals surface area contributed by atoms with E-state index in [2.05, 4.69) is 31.0 Å². The second-order valence-corrected chi connectivity index (χ2v) is 5.82. The highest BCUT2D eigenvalue weighted by atomic mass is 16.5. The SMILES string of the molecule is COC(=O)C1CCN(CCNC(C)(C)C)CC1. The molecule has 1 N–H and O–H groups in total. The minimum atomic E-state index is -0.0440. The van der Waals surface area contributed by atoms with Crippen LogP contribution in [0.4, 0.5) is 0 Å². The summed E-state index contributed by atoms with van der Waals surface area (Å²) in [6, 6.07) is 0. The number of rotatable bonds is 4. The molecule has 1 fully saturated rings. The van der Waals surface area contributed by atoms with Crippen LogP contribution in [0.5, 0.6) is 0 Å². The molecule has 0 aromatic heterocycles. The molecule has 100 valence electrons. The molecule has 4 heteroatoms. The van der Waals surface area contributed by atoms with Crippen LogP contribution in [0.1, 0.15) is 33.6 Å². The fourth-order valence-electron chi connectivity index (χ4n) is 2.15. The maximum Gasteiger partial charge on any atom is 0.308 e. The van der Waals surface area contributed by atoms with Crippen LogP contribution in [-0.4, -0.2) is 49.7 Å². The van der Waals surface area contributed by atoms with Gasteiger partial charge in [0.15, 0.2) is 0 Å². The van der Waals surface area contributed by atoms with Crippen molar-refractivity contribution in [1.29, 1.82) is 0 Å². The van der Waals surface area contributed by atoms with Crippen LogP contribution in [0.15, 0.2) is 0 Å². The molecule has 1 heterocycles. The predicted octanol–water partition coefficient (Wildman–Crippen LogP) is 1.26. The summed E-state index contributed by atoms with van der Waals surface area (Å²) in [4.78, 5) is 13.8. The molecule has 1 rings (SSSR count). The van der Waals surface area contributed by atoms with Crippen molar-refractivity contribution in [3.05, 3.63) is 0 Å². The van der Waals surface area contributed by atoms with Gasteiger partial charge < -0.3 is 15.0 Å². The van der Waals surface area contributed by atoms with E-state index >= 15 is 0 Å². The number of nitrogens with one attached hydrogen (secondary N) is 1. The van der Waals surface area contributed by atoms with Gasteiger partial charge in [-0.1, -0.05) is 0 Å². The Hall–Kier alpha value is -0.610. The number of carbonyl (C=O) groups excluding carboxylic acids is 1. The molecule has 1 saturated heterocycles. The fraction of sp³-hybridized carbons (Fsp3) is 0.923. The molecule has 1 aliphatic rings. The third-order valence-electron chi connectivity index (χ3n) is 3.21. The van der Waals surface area contributed by atoms with Crippen LogP contribution in [0, 0.1) is 5.92 Å². The Bertz CT molecular complexity index is 240. The van der Waals surface area contributed by atoms with E-state index < -0.39 is 0 Å². The zero-order chi connectivity index (χ0) is 12.9. The molecule has 0 atom stereocenters. The second kappa shape index (κ2) is 6.36. The van der Waals surface area contributed by atoms with Crippen LogP contribution < -0.4 is 5.32 Å². The Morgan fingerprint density at radius 3 is 2.41 bits per heavy atom. The minimum absolute atomic E-state index is 0.0440. The zero-order valence-corrected chi connectivity index (χ0v) is 11.6. The van der Waals surface area contributed by atoms with E-state index in [1.54, 1.807) is 0 Å². The third kappa shape index (κ3) is 5.50. The van der Waals surface area contributed by atoms with Crippen LogP contribution in [-0.2, 0) is 9.53 Å². The fourth-order valence-corrected chi connectivity index (χ4v) is 2.15. The molecule has 0 bridgehead atoms. The molecular weight excluding hydrogens is 216 g/mol. The van der Waals surface area contributed by atoms with Crippen molar-refractivity contribution >= 4 is 5.97 Å². The first kappa shape index (κ1) is 14.5. The maximum absolute atomic E-state index is 11.4. The molecule has 0 aliphatic carbocycles. The Balaban J connectivity index is 2.17. The number of hydrogen-bond donors (Lipinski definition) is 1. The molecule has 0 radical (unpaired) electrons. The van der Waals surface area contributed by atoms with Crippen molar-refractivity contribution in [2.24, 2.45) is 5.92 Å². The average Bonchev–Trinajstić information content (AvgIpc) is 2.27. The number of carbonyl (C=O) groups is 1. The van der Waals surface area contributed by atoms with E-state index in [4.69, 9.17) is 4.74 Å². The number of esters is 1. The van der Waals surface area contributed by atoms with Crippen LogP contribution in [0.3, 0.4) is 0 Å². The molecule has 0 aromatic carbocycles. The van der Waals surface area contributed by atoms with Crippen molar-refractivity contribution in [1.82, 2.24) is 10.2 Å². The lowest BCUT2D eigenvalue weighted by molar-refractivity contribution is -0.147. The van der Waals surface area contributed by atoms with Gasteiger partial charge in [-0.15, -0.1) is 0 Å². The maximum atomic E-state index is 11.4. The lowest BCUT2D eigenvalue weighted by Crippen LogP contribution is -2.44. The molecule has 0 saturated carbocycles. The minimum Gasteiger partial charge on any atom is -0.469 e. The van der Waals surface area contributed by atoms with Crippen LogP contribution >= 0.6 is 0 Å². The summed E-state index contributed by atoms with van der Waals surface area (Å²) in [6.45, 7) is 10.6. The highest BCUT2D eigenvalue weighted by Gasteiger charge is 2.25. The van der Waals surface area contributed by atoms with Gasteiger partial charge in [0.1, 0.15) is 0 Å². The Kier molecular flexibility index (Phi) is 5.40. The first-order valence-electron chi connectivity index (χ1n) is 6.47. The molecule has 17 heavy (non-hydrogen) atoms. The zero-order valence-electron chi connectivity index (χ0n) is 11.6. The Morgan fingerprint density at radius 1 is 1.35 bits per heavy atom. The summed E-state index contributed by atoms with van der Waals surface area (Å²) in [7, 11) is 1.47. The number of ether oxygens (including phenoxy) is 1. The second-order valence-electron chi connectivity index (χ2n) is 5.82. The monoisotopic (exact) mass is 242 g/mol. The van der Waals surface area contributed by atoms with E-state index in [1.165, 1.54) is 7.11 Å². The van der Waals surface area contributed by atoms with Gasteiger partial charge in [0, 0.05) is 18.6 Å². The van der Waals surface area contributed by atoms with E-state index in [-0.39, 0.29) is 17.4 Å². The summed E-state index contributed by atoms with van der Waals surface area (Å²) in [5.74, 6) is 0.0734. The Labute approximate surface area is 105 Å². The highest BCUT2D eigenvalue weighted by molar-refractivity contribution is 5.72. The average molecular weight is 242 g/mol. The molecule has 0 aromatic rings. The van der Waals surface area contributed by atoms with Gasteiger partial charge in [-0.05, 0) is 46.7 Å². The van der Waals surface area contributed by atoms with Gasteiger partial charge in [-0.2, -0.15) is 0 Å². The standard InChI is InChI=1S/C13H26N2O2/c1-13(2,3)14-7-10-15-8-5-11(6-9-15)12(16)17-4/h11,14H,5-10H2,1-4H3. The predicted molar refractivity (Wildman–Crippen MR) is 68.9 cm³/mol. The van der Waals surface area contributed by atoms with E-state index in [0.29, 0.717) is 0 Å². The van der Waals surface area contributed by atoms with E-state index in [1.807, 2.05) is 0 Å². The summed E-state index contributed by atoms with van der Waals surface area (Å²) >= 11 is 0. The Morgan fingerprint density at radius 2 is 1.94 bits per heavy atom. The highest BCUT2D eigenvalue weighted by Crippen LogP contribution is 2.17. The third-order valence-corrected chi connectivity index (χ3v) is 3.21. The van der Waals surface area contributed by atoms with Crippen LogP contribution in [0.25, 0.3) is 0 Å². The molecule has 0 amide bonds. The number of hydrogen-bond acceptors (Lipinski definition) is 4. The number of piperidine rings is 1. The topological polar surface area (TPSA) is 41.6 Å². The van der Waals surface area contributed by atoms with Crippen molar-refractivity contribution < 1.29 is 9.53 Å². The summed E-state index contributed by atoms with van der Waals surface area (Å²) in [5, 5.41) is 3.48. The number of nitrogens with zero attached hydrogens (tertiary/aromatic N) is 1. The molecule has 4 nitrogen and oxygen atoms in total. The molecular formula is C13H26N2O2. The van der Waals surface area contributed by atoms with Gasteiger partial charge in [-0.3, -0.25) is 4.79 Å². The lowest BCUT2D eigenvalue weighted by atomic mass is 9.97. The van der Waals surface area contributed by atoms with E-state index in [0.717, 1.165) is 39.0 Å². The van der Waals surface area contributed by atoms with Crippen molar-refractivity contribution in [3.63, 3.8) is 0 Å². The van der Waals surface area contributed by atoms with Gasteiger partial charge in [0.05, 0.1) is 13.0 Å². The quantitative estimate of drug-likeness (QED) is 0.754. The molecule has 0 spiro atoms. The lowest BCUT2D eigenvalue weighted by Gasteiger charge is -2.31. The van der Waals surface area contributed by atoms with Gasteiger partial charge in [0.2, 0.25) is 0 Å². The number of likely N-dealkylation sites (tertiary alicyclic amines) is 1. The summed E-state index contributed by atoms with van der Waals surface area (Å²) in [6.07, 6.45) is 1.87. The molecule has 0 unspecified atom stereocenters. The number of methoxy groups -OCH3 is 1. The summed E-state index contributed by atoms with van der Waals surface area (Å²) < 4.78 is 4.78. The van der Waals surface area contributed by atoms with Crippen molar-refractivity contribution in [3.8, 4) is 0 Å². The van der Waals surface area contributed by atoms with Crippen LogP contribution in [0.2, 0.25) is 0 Å². The first-order valence-corrected chi connectivity index (χ1v) is 6.47. The largest absolute Gasteiger partial charge is 0.469 e. The normalized spacial score (nSPS) is 19.3. The van der Waals surface area contributed by atoms with Gasteiger partial charge in [0.25, 0.3) is 0 Å². The smallest absolute Gasteiger partial charge is 0.308 e. The van der Waals surface area contributed by atoms with Gasteiger partial charge in [-0.25, -0.2) is 0 Å². The van der Waals surface area contributed by atoms with E-state index in [9.17, 15) is 4.79 Å². The molecule has 1 aliphatic heterocycles. The van der Waals surface area contributed by atoms with Crippen molar-refractivity contribution in [2.75, 3.05) is 33.3 Å². The van der Waals surface area contributed by atoms with Gasteiger partial charge >= 0.3 is 5.97 Å². The van der Waals surface area contributed by atoms with Crippen molar-refractivity contribution in [2.45, 2.75) is 39.2 Å². The summed E-state index contributed by atoms with van der Waals surface area (Å²) in [5.41, 5.74) is 0.185.